The van der Waals surface area contributed by atoms with Gasteiger partial charge in [-0.05, 0) is 57.1 Å². The van der Waals surface area contributed by atoms with Gasteiger partial charge in [-0.3, -0.25) is 4.98 Å². The fraction of sp³-hybridized carbons (Fsp3) is 0.0312. The maximum absolute atomic E-state index is 4.25. The molecule has 34 heavy (non-hydrogen) atoms. The Hall–Kier alpha value is -4.43. The molecule has 4 aromatic carbocycles. The van der Waals surface area contributed by atoms with Crippen molar-refractivity contribution in [3.05, 3.63) is 151 Å². The number of fused-ring (bicyclic) bond motifs is 1. The van der Waals surface area contributed by atoms with Crippen LogP contribution >= 0.6 is 0 Å². The SMILES string of the molecule is c1ccc(-c2ccccc2-c2ccc(C(c3ccncc3)c3c[nH]c4ccccc34)cc2)cc1. The van der Waals surface area contributed by atoms with Gasteiger partial charge in [-0.15, -0.1) is 0 Å². The zero-order chi connectivity index (χ0) is 22.7. The Kier molecular flexibility index (Phi) is 5.25. The zero-order valence-electron chi connectivity index (χ0n) is 18.7. The number of aromatic nitrogens is 2. The predicted octanol–water partition coefficient (Wildman–Crippen LogP) is 8.08. The third-order valence-corrected chi connectivity index (χ3v) is 6.54. The molecule has 1 N–H and O–H groups in total. The van der Waals surface area contributed by atoms with E-state index in [1.54, 1.807) is 0 Å². The number of pyridine rings is 1. The lowest BCUT2D eigenvalue weighted by Gasteiger charge is -2.19. The van der Waals surface area contributed by atoms with Crippen LogP contribution in [0.25, 0.3) is 33.2 Å². The average molecular weight is 437 g/mol. The van der Waals surface area contributed by atoms with Gasteiger partial charge in [0, 0.05) is 35.4 Å². The highest BCUT2D eigenvalue weighted by Gasteiger charge is 2.20. The number of nitrogens with zero attached hydrogens (tertiary/aromatic N) is 1. The van der Waals surface area contributed by atoms with Gasteiger partial charge in [0.05, 0.1) is 0 Å². The minimum Gasteiger partial charge on any atom is -0.361 e. The van der Waals surface area contributed by atoms with Crippen molar-refractivity contribution in [3.63, 3.8) is 0 Å². The molecule has 1 unspecified atom stereocenters. The summed E-state index contributed by atoms with van der Waals surface area (Å²) in [5, 5.41) is 1.25. The number of hydrogen-bond acceptors (Lipinski definition) is 1. The van der Waals surface area contributed by atoms with Crippen molar-refractivity contribution in [1.82, 2.24) is 9.97 Å². The molecule has 2 heterocycles. The maximum Gasteiger partial charge on any atom is 0.0457 e. The highest BCUT2D eigenvalue weighted by atomic mass is 14.7. The van der Waals surface area contributed by atoms with Gasteiger partial charge < -0.3 is 4.98 Å². The summed E-state index contributed by atoms with van der Waals surface area (Å²) in [6, 6.07) is 41.0. The lowest BCUT2D eigenvalue weighted by Crippen LogP contribution is -2.03. The molecule has 162 valence electrons. The normalized spacial score (nSPS) is 12.0. The summed E-state index contributed by atoms with van der Waals surface area (Å²) in [4.78, 5) is 7.70. The first-order valence-corrected chi connectivity index (χ1v) is 11.6. The predicted molar refractivity (Wildman–Crippen MR) is 141 cm³/mol. The van der Waals surface area contributed by atoms with Crippen molar-refractivity contribution < 1.29 is 0 Å². The Morgan fingerprint density at radius 2 is 1.12 bits per heavy atom. The third kappa shape index (κ3) is 3.70. The molecule has 1 atom stereocenters. The highest BCUT2D eigenvalue weighted by Crippen LogP contribution is 2.38. The molecule has 2 nitrogen and oxygen atoms in total. The summed E-state index contributed by atoms with van der Waals surface area (Å²) in [5.41, 5.74) is 9.87. The van der Waals surface area contributed by atoms with E-state index < -0.39 is 0 Å². The summed E-state index contributed by atoms with van der Waals surface area (Å²) < 4.78 is 0. The Balaban J connectivity index is 1.45. The highest BCUT2D eigenvalue weighted by molar-refractivity contribution is 5.85. The molecule has 0 aliphatic rings. The van der Waals surface area contributed by atoms with Crippen LogP contribution in [0.2, 0.25) is 0 Å². The van der Waals surface area contributed by atoms with E-state index in [-0.39, 0.29) is 5.92 Å². The van der Waals surface area contributed by atoms with Crippen LogP contribution in [0.4, 0.5) is 0 Å². The van der Waals surface area contributed by atoms with Crippen LogP contribution in [-0.4, -0.2) is 9.97 Å². The van der Waals surface area contributed by atoms with Crippen LogP contribution in [-0.2, 0) is 0 Å². The maximum atomic E-state index is 4.25. The molecule has 0 aliphatic heterocycles. The molecular weight excluding hydrogens is 412 g/mol. The number of H-pyrrole nitrogens is 1. The molecule has 6 rings (SSSR count). The van der Waals surface area contributed by atoms with E-state index in [2.05, 4.69) is 131 Å². The van der Waals surface area contributed by atoms with Crippen molar-refractivity contribution in [2.45, 2.75) is 5.92 Å². The molecule has 0 fully saturated rings. The van der Waals surface area contributed by atoms with Crippen LogP contribution in [0.5, 0.6) is 0 Å². The number of aromatic amines is 1. The fourth-order valence-electron chi connectivity index (χ4n) is 4.90. The van der Waals surface area contributed by atoms with E-state index in [9.17, 15) is 0 Å². The number of para-hydroxylation sites is 1. The molecule has 0 spiro atoms. The van der Waals surface area contributed by atoms with Crippen LogP contribution in [0, 0.1) is 0 Å². The Morgan fingerprint density at radius 3 is 1.85 bits per heavy atom. The molecule has 0 amide bonds. The first kappa shape index (κ1) is 20.2. The Morgan fingerprint density at radius 1 is 0.529 bits per heavy atom. The minimum absolute atomic E-state index is 0.123. The summed E-state index contributed by atoms with van der Waals surface area (Å²) in [5.74, 6) is 0.123. The molecule has 0 aliphatic carbocycles. The standard InChI is InChI=1S/C32H24N2/c1-2-8-23(9-3-1)27-10-4-5-11-28(27)24-14-16-25(17-15-24)32(26-18-20-33-21-19-26)30-22-34-31-13-7-6-12-29(30)31/h1-22,32,34H. The molecule has 6 aromatic rings. The largest absolute Gasteiger partial charge is 0.361 e. The van der Waals surface area contributed by atoms with Gasteiger partial charge in [0.25, 0.3) is 0 Å². The van der Waals surface area contributed by atoms with Gasteiger partial charge >= 0.3 is 0 Å². The van der Waals surface area contributed by atoms with Gasteiger partial charge in [0.15, 0.2) is 0 Å². The second kappa shape index (κ2) is 8.84. The molecular formula is C32H24N2. The molecule has 0 saturated carbocycles. The molecule has 0 saturated heterocycles. The second-order valence-electron chi connectivity index (χ2n) is 8.54. The van der Waals surface area contributed by atoms with Gasteiger partial charge in [-0.25, -0.2) is 0 Å². The smallest absolute Gasteiger partial charge is 0.0457 e. The third-order valence-electron chi connectivity index (χ3n) is 6.54. The van der Waals surface area contributed by atoms with Crippen LogP contribution in [0.1, 0.15) is 22.6 Å². The summed E-state index contributed by atoms with van der Waals surface area (Å²) in [6.07, 6.45) is 5.90. The van der Waals surface area contributed by atoms with Crippen molar-refractivity contribution in [2.24, 2.45) is 0 Å². The first-order chi connectivity index (χ1) is 16.9. The van der Waals surface area contributed by atoms with Crippen molar-refractivity contribution in [3.8, 4) is 22.3 Å². The number of benzene rings is 4. The van der Waals surface area contributed by atoms with E-state index in [0.717, 1.165) is 5.52 Å². The summed E-state index contributed by atoms with van der Waals surface area (Å²) in [6.45, 7) is 0. The summed E-state index contributed by atoms with van der Waals surface area (Å²) >= 11 is 0. The summed E-state index contributed by atoms with van der Waals surface area (Å²) in [7, 11) is 0. The first-order valence-electron chi connectivity index (χ1n) is 11.6. The lowest BCUT2D eigenvalue weighted by atomic mass is 9.84. The minimum atomic E-state index is 0.123. The Bertz CT molecular complexity index is 1530. The molecule has 2 aromatic heterocycles. The van der Waals surface area contributed by atoms with Gasteiger partial charge in [-0.1, -0.05) is 97.1 Å². The Labute approximate surface area is 199 Å². The average Bonchev–Trinajstić information content (AvgIpc) is 3.34. The van der Waals surface area contributed by atoms with Crippen LogP contribution in [0.3, 0.4) is 0 Å². The second-order valence-corrected chi connectivity index (χ2v) is 8.54. The monoisotopic (exact) mass is 436 g/mol. The van der Waals surface area contributed by atoms with E-state index >= 15 is 0 Å². The number of nitrogens with one attached hydrogen (secondary N) is 1. The molecule has 2 heteroatoms. The van der Waals surface area contributed by atoms with Crippen molar-refractivity contribution in [2.75, 3.05) is 0 Å². The van der Waals surface area contributed by atoms with Gasteiger partial charge in [0.1, 0.15) is 0 Å². The van der Waals surface area contributed by atoms with Crippen molar-refractivity contribution >= 4 is 10.9 Å². The fourth-order valence-corrected chi connectivity index (χ4v) is 4.90. The van der Waals surface area contributed by atoms with Crippen molar-refractivity contribution in [1.29, 1.82) is 0 Å². The van der Waals surface area contributed by atoms with E-state index in [1.807, 2.05) is 12.4 Å². The molecule has 0 radical (unpaired) electrons. The number of hydrogen-bond donors (Lipinski definition) is 1. The van der Waals surface area contributed by atoms with Crippen LogP contribution in [0.15, 0.2) is 134 Å². The van der Waals surface area contributed by atoms with E-state index in [1.165, 1.54) is 44.3 Å². The topological polar surface area (TPSA) is 28.7 Å². The van der Waals surface area contributed by atoms with E-state index in [4.69, 9.17) is 0 Å². The lowest BCUT2D eigenvalue weighted by molar-refractivity contribution is 0.980. The quantitative estimate of drug-likeness (QED) is 0.291. The van der Waals surface area contributed by atoms with Crippen LogP contribution < -0.4 is 0 Å². The van der Waals surface area contributed by atoms with E-state index in [0.29, 0.717) is 0 Å². The van der Waals surface area contributed by atoms with Gasteiger partial charge in [-0.2, -0.15) is 0 Å². The molecule has 0 bridgehead atoms. The van der Waals surface area contributed by atoms with Gasteiger partial charge in [0.2, 0.25) is 0 Å². The zero-order valence-corrected chi connectivity index (χ0v) is 18.7. The number of rotatable bonds is 5.